The summed E-state index contributed by atoms with van der Waals surface area (Å²) in [5, 5.41) is 0. The Bertz CT molecular complexity index is 391. The van der Waals surface area contributed by atoms with Crippen LogP contribution in [0.2, 0.25) is 0 Å². The molecular weight excluding hydrogens is 241 g/mol. The summed E-state index contributed by atoms with van der Waals surface area (Å²) >= 11 is 0. The summed E-state index contributed by atoms with van der Waals surface area (Å²) in [5.74, 6) is -0.161. The van der Waals surface area contributed by atoms with Crippen LogP contribution in [0.3, 0.4) is 0 Å². The summed E-state index contributed by atoms with van der Waals surface area (Å²) in [5.41, 5.74) is 6.54. The SMILES string of the molecule is CN(CCN1CCCC1)C(CN)c1ccccc1F. The normalized spacial score (nSPS) is 18.1. The van der Waals surface area contributed by atoms with Crippen LogP contribution in [0.4, 0.5) is 4.39 Å². The number of likely N-dealkylation sites (N-methyl/N-ethyl adjacent to an activating group) is 1. The van der Waals surface area contributed by atoms with E-state index in [0.717, 1.165) is 13.1 Å². The largest absolute Gasteiger partial charge is 0.329 e. The maximum Gasteiger partial charge on any atom is 0.128 e. The maximum absolute atomic E-state index is 13.8. The Morgan fingerprint density at radius 1 is 1.32 bits per heavy atom. The second-order valence-corrected chi connectivity index (χ2v) is 5.30. The van der Waals surface area contributed by atoms with Crippen molar-refractivity contribution in [3.05, 3.63) is 35.6 Å². The number of nitrogens with zero attached hydrogens (tertiary/aromatic N) is 2. The zero-order chi connectivity index (χ0) is 13.7. The Labute approximate surface area is 115 Å². The van der Waals surface area contributed by atoms with E-state index in [-0.39, 0.29) is 11.9 Å². The van der Waals surface area contributed by atoms with Gasteiger partial charge in [-0.05, 0) is 39.0 Å². The highest BCUT2D eigenvalue weighted by Gasteiger charge is 2.20. The summed E-state index contributed by atoms with van der Waals surface area (Å²) in [4.78, 5) is 4.63. The lowest BCUT2D eigenvalue weighted by molar-refractivity contribution is 0.206. The Hall–Kier alpha value is -0.970. The fourth-order valence-electron chi connectivity index (χ4n) is 2.75. The van der Waals surface area contributed by atoms with Crippen LogP contribution >= 0.6 is 0 Å². The minimum atomic E-state index is -0.161. The minimum absolute atomic E-state index is 0.0381. The molecule has 3 nitrogen and oxygen atoms in total. The van der Waals surface area contributed by atoms with Crippen molar-refractivity contribution in [2.45, 2.75) is 18.9 Å². The molecule has 0 spiro atoms. The van der Waals surface area contributed by atoms with Crippen molar-refractivity contribution < 1.29 is 4.39 Å². The second-order valence-electron chi connectivity index (χ2n) is 5.30. The van der Waals surface area contributed by atoms with Crippen molar-refractivity contribution in [2.75, 3.05) is 39.8 Å². The fourth-order valence-corrected chi connectivity index (χ4v) is 2.75. The van der Waals surface area contributed by atoms with E-state index in [1.165, 1.54) is 32.0 Å². The topological polar surface area (TPSA) is 32.5 Å². The van der Waals surface area contributed by atoms with Gasteiger partial charge in [0.1, 0.15) is 5.82 Å². The summed E-state index contributed by atoms with van der Waals surface area (Å²) < 4.78 is 13.8. The van der Waals surface area contributed by atoms with Crippen LogP contribution in [-0.4, -0.2) is 49.6 Å². The molecule has 1 atom stereocenters. The van der Waals surface area contributed by atoms with Crippen molar-refractivity contribution in [1.82, 2.24) is 9.80 Å². The average Bonchev–Trinajstić information content (AvgIpc) is 2.92. The van der Waals surface area contributed by atoms with E-state index in [1.54, 1.807) is 6.07 Å². The van der Waals surface area contributed by atoms with Crippen LogP contribution in [0.5, 0.6) is 0 Å². The van der Waals surface area contributed by atoms with Gasteiger partial charge in [-0.2, -0.15) is 0 Å². The van der Waals surface area contributed by atoms with Crippen LogP contribution in [0.1, 0.15) is 24.4 Å². The highest BCUT2D eigenvalue weighted by molar-refractivity contribution is 5.21. The molecule has 1 aliphatic heterocycles. The molecule has 0 aliphatic carbocycles. The first-order valence-electron chi connectivity index (χ1n) is 7.09. The van der Waals surface area contributed by atoms with Gasteiger partial charge in [-0.3, -0.25) is 4.90 Å². The van der Waals surface area contributed by atoms with Gasteiger partial charge in [-0.1, -0.05) is 18.2 Å². The second kappa shape index (κ2) is 6.98. The van der Waals surface area contributed by atoms with Crippen LogP contribution in [0.25, 0.3) is 0 Å². The Morgan fingerprint density at radius 3 is 2.63 bits per heavy atom. The molecule has 2 N–H and O–H groups in total. The number of rotatable bonds is 6. The van der Waals surface area contributed by atoms with Gasteiger partial charge in [0.2, 0.25) is 0 Å². The average molecular weight is 265 g/mol. The molecule has 0 bridgehead atoms. The molecule has 106 valence electrons. The summed E-state index contributed by atoms with van der Waals surface area (Å²) in [6.45, 7) is 4.80. The molecule has 1 aromatic rings. The first kappa shape index (κ1) is 14.4. The van der Waals surface area contributed by atoms with Crippen molar-refractivity contribution >= 4 is 0 Å². The third-order valence-corrected chi connectivity index (χ3v) is 3.99. The van der Waals surface area contributed by atoms with Crippen molar-refractivity contribution in [3.63, 3.8) is 0 Å². The molecule has 1 heterocycles. The number of hydrogen-bond acceptors (Lipinski definition) is 3. The molecule has 0 saturated carbocycles. The van der Waals surface area contributed by atoms with E-state index in [1.807, 2.05) is 19.2 Å². The monoisotopic (exact) mass is 265 g/mol. The smallest absolute Gasteiger partial charge is 0.128 e. The molecule has 1 aromatic carbocycles. The predicted octanol–water partition coefficient (Wildman–Crippen LogP) is 1.85. The quantitative estimate of drug-likeness (QED) is 0.852. The first-order valence-corrected chi connectivity index (χ1v) is 7.09. The van der Waals surface area contributed by atoms with Crippen molar-refractivity contribution in [3.8, 4) is 0 Å². The van der Waals surface area contributed by atoms with Gasteiger partial charge in [0, 0.05) is 31.2 Å². The van der Waals surface area contributed by atoms with Crippen LogP contribution in [0.15, 0.2) is 24.3 Å². The van der Waals surface area contributed by atoms with Gasteiger partial charge >= 0.3 is 0 Å². The van der Waals surface area contributed by atoms with Gasteiger partial charge < -0.3 is 10.6 Å². The highest BCUT2D eigenvalue weighted by Crippen LogP contribution is 2.21. The Balaban J connectivity index is 1.94. The van der Waals surface area contributed by atoms with E-state index < -0.39 is 0 Å². The molecule has 1 saturated heterocycles. The maximum atomic E-state index is 13.8. The van der Waals surface area contributed by atoms with Crippen molar-refractivity contribution in [1.29, 1.82) is 0 Å². The lowest BCUT2D eigenvalue weighted by Gasteiger charge is -2.29. The standard InChI is InChI=1S/C15H24FN3/c1-18(10-11-19-8-4-5-9-19)15(12-17)13-6-2-3-7-14(13)16/h2-3,6-7,15H,4-5,8-12,17H2,1H3. The van der Waals surface area contributed by atoms with Gasteiger partial charge in [0.25, 0.3) is 0 Å². The molecule has 19 heavy (non-hydrogen) atoms. The number of nitrogens with two attached hydrogens (primary N) is 1. The number of hydrogen-bond donors (Lipinski definition) is 1. The highest BCUT2D eigenvalue weighted by atomic mass is 19.1. The Kier molecular flexibility index (Phi) is 5.31. The van der Waals surface area contributed by atoms with E-state index in [4.69, 9.17) is 5.73 Å². The number of benzene rings is 1. The van der Waals surface area contributed by atoms with Crippen molar-refractivity contribution in [2.24, 2.45) is 5.73 Å². The van der Waals surface area contributed by atoms with Gasteiger partial charge in [0.15, 0.2) is 0 Å². The van der Waals surface area contributed by atoms with Crippen LogP contribution in [0, 0.1) is 5.82 Å². The van der Waals surface area contributed by atoms with E-state index >= 15 is 0 Å². The summed E-state index contributed by atoms with van der Waals surface area (Å²) in [6, 6.07) is 6.89. The summed E-state index contributed by atoms with van der Waals surface area (Å²) in [7, 11) is 2.03. The molecule has 4 heteroatoms. The number of likely N-dealkylation sites (tertiary alicyclic amines) is 1. The number of halogens is 1. The lowest BCUT2D eigenvalue weighted by atomic mass is 10.1. The molecule has 0 aromatic heterocycles. The fraction of sp³-hybridized carbons (Fsp3) is 0.600. The molecule has 1 unspecified atom stereocenters. The van der Waals surface area contributed by atoms with Gasteiger partial charge in [-0.25, -0.2) is 4.39 Å². The third-order valence-electron chi connectivity index (χ3n) is 3.99. The molecule has 2 rings (SSSR count). The molecular formula is C15H24FN3. The Morgan fingerprint density at radius 2 is 2.00 bits per heavy atom. The van der Waals surface area contributed by atoms with E-state index in [9.17, 15) is 4.39 Å². The van der Waals surface area contributed by atoms with Gasteiger partial charge in [-0.15, -0.1) is 0 Å². The van der Waals surface area contributed by atoms with Crippen LogP contribution in [-0.2, 0) is 0 Å². The molecule has 1 fully saturated rings. The predicted molar refractivity (Wildman–Crippen MR) is 76.5 cm³/mol. The van der Waals surface area contributed by atoms with Gasteiger partial charge in [0.05, 0.1) is 0 Å². The zero-order valence-electron chi connectivity index (χ0n) is 11.7. The summed E-state index contributed by atoms with van der Waals surface area (Å²) in [6.07, 6.45) is 2.61. The molecule has 0 amide bonds. The van der Waals surface area contributed by atoms with E-state index in [0.29, 0.717) is 12.1 Å². The molecule has 0 radical (unpaired) electrons. The van der Waals surface area contributed by atoms with Crippen LogP contribution < -0.4 is 5.73 Å². The molecule has 1 aliphatic rings. The zero-order valence-corrected chi connectivity index (χ0v) is 11.7. The minimum Gasteiger partial charge on any atom is -0.329 e. The van der Waals surface area contributed by atoms with E-state index in [2.05, 4.69) is 9.80 Å². The lowest BCUT2D eigenvalue weighted by Crippen LogP contribution is -2.37. The third kappa shape index (κ3) is 3.75. The first-order chi connectivity index (χ1) is 9.22.